The van der Waals surface area contributed by atoms with Crippen LogP contribution in [0, 0.1) is 23.1 Å². The fourth-order valence-electron chi connectivity index (χ4n) is 6.33. The molecule has 6 nitrogen and oxygen atoms in total. The van der Waals surface area contributed by atoms with Gasteiger partial charge in [-0.1, -0.05) is 23.7 Å². The molecule has 1 N–H and O–H groups in total. The van der Waals surface area contributed by atoms with Crippen LogP contribution in [0.3, 0.4) is 0 Å². The van der Waals surface area contributed by atoms with E-state index in [0.29, 0.717) is 23.7 Å². The van der Waals surface area contributed by atoms with Crippen LogP contribution in [0.1, 0.15) is 43.2 Å². The summed E-state index contributed by atoms with van der Waals surface area (Å²) < 4.78 is 13.6. The molecular formula is C29H35ClFN5O. The van der Waals surface area contributed by atoms with Crippen LogP contribution < -0.4 is 5.32 Å². The van der Waals surface area contributed by atoms with Crippen LogP contribution in [0.25, 0.3) is 0 Å². The normalized spacial score (nSPS) is 25.4. The predicted molar refractivity (Wildman–Crippen MR) is 144 cm³/mol. The molecule has 0 aromatic heterocycles. The summed E-state index contributed by atoms with van der Waals surface area (Å²) in [6, 6.07) is 14.5. The van der Waals surface area contributed by atoms with E-state index >= 15 is 0 Å². The number of nitrogens with zero attached hydrogens (tertiary/aromatic N) is 4. The number of hydrogen-bond donors (Lipinski definition) is 1. The Labute approximate surface area is 224 Å². The summed E-state index contributed by atoms with van der Waals surface area (Å²) in [4.78, 5) is 20.4. The van der Waals surface area contributed by atoms with E-state index in [2.05, 4.69) is 40.4 Å². The fraction of sp³-hybridized carbons (Fsp3) is 0.517. The van der Waals surface area contributed by atoms with E-state index in [0.717, 1.165) is 64.8 Å². The Bertz CT molecular complexity index is 1160. The monoisotopic (exact) mass is 523 g/mol. The second kappa shape index (κ2) is 11.0. The van der Waals surface area contributed by atoms with Gasteiger partial charge < -0.3 is 20.0 Å². The average Bonchev–Trinajstić information content (AvgIpc) is 3.53. The van der Waals surface area contributed by atoms with Crippen molar-refractivity contribution in [2.75, 3.05) is 51.6 Å². The van der Waals surface area contributed by atoms with Crippen LogP contribution in [0.5, 0.6) is 0 Å². The Morgan fingerprint density at radius 3 is 2.62 bits per heavy atom. The van der Waals surface area contributed by atoms with Crippen LogP contribution in [0.4, 0.5) is 14.9 Å². The quantitative estimate of drug-likeness (QED) is 0.475. The number of piperazine rings is 1. The van der Waals surface area contributed by atoms with Gasteiger partial charge in [-0.15, -0.1) is 0 Å². The van der Waals surface area contributed by atoms with Gasteiger partial charge in [-0.2, -0.15) is 5.26 Å². The summed E-state index contributed by atoms with van der Waals surface area (Å²) in [5.74, 6) is -0.0815. The molecule has 5 rings (SSSR count). The van der Waals surface area contributed by atoms with Crippen molar-refractivity contribution in [1.29, 1.82) is 5.26 Å². The molecule has 0 radical (unpaired) electrons. The number of likely N-dealkylation sites (N-methyl/N-ethyl adjacent to an activating group) is 1. The molecule has 2 aromatic carbocycles. The summed E-state index contributed by atoms with van der Waals surface area (Å²) in [5, 5.41) is 12.1. The number of rotatable bonds is 8. The fourth-order valence-corrected chi connectivity index (χ4v) is 6.51. The minimum Gasteiger partial charge on any atom is -0.321 e. The molecule has 2 unspecified atom stereocenters. The number of halogens is 2. The van der Waals surface area contributed by atoms with Crippen molar-refractivity contribution in [3.05, 3.63) is 64.4 Å². The number of nitrogens with one attached hydrogen (secondary N) is 1. The highest BCUT2D eigenvalue weighted by Gasteiger charge is 2.63. The Balaban J connectivity index is 1.25. The number of nitriles is 1. The molecule has 8 heteroatoms. The Morgan fingerprint density at radius 1 is 1.19 bits per heavy atom. The zero-order chi connectivity index (χ0) is 26.0. The van der Waals surface area contributed by atoms with Crippen LogP contribution >= 0.6 is 11.6 Å². The molecular weight excluding hydrogens is 489 g/mol. The topological polar surface area (TPSA) is 62.6 Å². The number of hydrogen-bond acceptors (Lipinski definition) is 4. The number of carbonyl (C=O) groups is 1. The van der Waals surface area contributed by atoms with Crippen molar-refractivity contribution >= 4 is 23.3 Å². The van der Waals surface area contributed by atoms with Gasteiger partial charge in [0, 0.05) is 49.9 Å². The van der Waals surface area contributed by atoms with Crippen molar-refractivity contribution in [2.45, 2.75) is 43.6 Å². The highest BCUT2D eigenvalue weighted by atomic mass is 35.5. The average molecular weight is 524 g/mol. The van der Waals surface area contributed by atoms with Crippen molar-refractivity contribution < 1.29 is 9.18 Å². The molecule has 37 heavy (non-hydrogen) atoms. The highest BCUT2D eigenvalue weighted by molar-refractivity contribution is 6.31. The van der Waals surface area contributed by atoms with Gasteiger partial charge in [0.1, 0.15) is 5.82 Å². The molecule has 2 amide bonds. The maximum atomic E-state index is 13.6. The molecule has 1 aliphatic heterocycles. The lowest BCUT2D eigenvalue weighted by Crippen LogP contribution is -2.45. The van der Waals surface area contributed by atoms with Gasteiger partial charge in [0.2, 0.25) is 0 Å². The van der Waals surface area contributed by atoms with Crippen molar-refractivity contribution in [3.8, 4) is 6.07 Å². The van der Waals surface area contributed by atoms with Gasteiger partial charge in [-0.25, -0.2) is 9.18 Å². The van der Waals surface area contributed by atoms with E-state index in [1.807, 2.05) is 17.0 Å². The lowest BCUT2D eigenvalue weighted by Gasteiger charge is -2.33. The Kier molecular flexibility index (Phi) is 7.71. The third-order valence-electron chi connectivity index (χ3n) is 8.62. The maximum absolute atomic E-state index is 13.6. The number of benzene rings is 2. The summed E-state index contributed by atoms with van der Waals surface area (Å²) in [6.07, 6.45) is 5.06. The molecule has 1 saturated heterocycles. The molecule has 1 heterocycles. The summed E-state index contributed by atoms with van der Waals surface area (Å²) in [7, 11) is 2.17. The third kappa shape index (κ3) is 5.62. The predicted octanol–water partition coefficient (Wildman–Crippen LogP) is 5.33. The van der Waals surface area contributed by atoms with Crippen LogP contribution in [0.2, 0.25) is 5.02 Å². The van der Waals surface area contributed by atoms with Gasteiger partial charge in [0.15, 0.2) is 0 Å². The van der Waals surface area contributed by atoms with Crippen LogP contribution in [0.15, 0.2) is 42.5 Å². The number of amides is 2. The maximum Gasteiger partial charge on any atom is 0.322 e. The highest BCUT2D eigenvalue weighted by Crippen LogP contribution is 2.65. The molecule has 3 atom stereocenters. The van der Waals surface area contributed by atoms with Gasteiger partial charge in [-0.3, -0.25) is 0 Å². The van der Waals surface area contributed by atoms with E-state index in [4.69, 9.17) is 16.9 Å². The summed E-state index contributed by atoms with van der Waals surface area (Å²) in [6.45, 7) is 6.17. The minimum absolute atomic E-state index is 0.000538. The third-order valence-corrected chi connectivity index (χ3v) is 8.91. The first-order chi connectivity index (χ1) is 17.9. The van der Waals surface area contributed by atoms with Gasteiger partial charge in [0.05, 0.1) is 16.7 Å². The van der Waals surface area contributed by atoms with Gasteiger partial charge >= 0.3 is 6.03 Å². The van der Waals surface area contributed by atoms with Gasteiger partial charge in [-0.05, 0) is 87.5 Å². The number of urea groups is 1. The van der Waals surface area contributed by atoms with Crippen molar-refractivity contribution in [1.82, 2.24) is 14.7 Å². The molecule has 0 bridgehead atoms. The molecule has 2 saturated carbocycles. The Hall–Kier alpha value is -2.66. The lowest BCUT2D eigenvalue weighted by atomic mass is 9.93. The van der Waals surface area contributed by atoms with Crippen molar-refractivity contribution in [2.24, 2.45) is 5.92 Å². The Morgan fingerprint density at radius 2 is 1.95 bits per heavy atom. The number of anilines is 1. The molecule has 2 aromatic rings. The smallest absolute Gasteiger partial charge is 0.321 e. The number of unbranched alkanes of at least 4 members (excludes halogenated alkanes) is 1. The lowest BCUT2D eigenvalue weighted by molar-refractivity contribution is 0.147. The molecule has 2 aliphatic carbocycles. The SMILES string of the molecule is CN1CCN(CCCCN(C(=O)Nc2ccc(F)c(Cl)c2)C2CC[C@@]3(c4ccc(C#N)cc4)CC23)CC1. The minimum atomic E-state index is -0.499. The number of carbonyl (C=O) groups excluding carboxylic acids is 1. The molecule has 0 spiro atoms. The van der Waals surface area contributed by atoms with E-state index < -0.39 is 5.82 Å². The zero-order valence-corrected chi connectivity index (χ0v) is 22.2. The first-order valence-electron chi connectivity index (χ1n) is 13.3. The van der Waals surface area contributed by atoms with E-state index in [1.54, 1.807) is 6.07 Å². The van der Waals surface area contributed by atoms with Crippen molar-refractivity contribution in [3.63, 3.8) is 0 Å². The standard InChI is InChI=1S/C29H35ClFN5O/c1-34-14-16-35(17-15-34)12-2-3-13-36(28(37)33-23-8-9-26(31)25(30)18-23)27-10-11-29(19-24(27)29)22-6-4-21(20-32)5-7-22/h4-9,18,24,27H,2-3,10-17,19H2,1H3,(H,33,37)/t24?,27?,29-/m0/s1. The van der Waals surface area contributed by atoms with Crippen LogP contribution in [-0.2, 0) is 5.41 Å². The largest absolute Gasteiger partial charge is 0.322 e. The molecule has 3 aliphatic rings. The summed E-state index contributed by atoms with van der Waals surface area (Å²) in [5.41, 5.74) is 2.56. The second-order valence-electron chi connectivity index (χ2n) is 10.9. The first kappa shape index (κ1) is 26.0. The van der Waals surface area contributed by atoms with E-state index in [-0.39, 0.29) is 22.5 Å². The molecule has 196 valence electrons. The second-order valence-corrected chi connectivity index (χ2v) is 11.3. The molecule has 3 fully saturated rings. The first-order valence-corrected chi connectivity index (χ1v) is 13.7. The number of fused-ring (bicyclic) bond motifs is 1. The van der Waals surface area contributed by atoms with Crippen LogP contribution in [-0.4, -0.2) is 73.1 Å². The van der Waals surface area contributed by atoms with Gasteiger partial charge in [0.25, 0.3) is 0 Å². The van der Waals surface area contributed by atoms with E-state index in [9.17, 15) is 9.18 Å². The zero-order valence-electron chi connectivity index (χ0n) is 21.4. The van der Waals surface area contributed by atoms with E-state index in [1.165, 1.54) is 17.7 Å². The summed E-state index contributed by atoms with van der Waals surface area (Å²) >= 11 is 5.96.